The molecular formula is C7H9F7O. The summed E-state index contributed by atoms with van der Waals surface area (Å²) in [5, 5.41) is 0. The van der Waals surface area contributed by atoms with Crippen LogP contribution < -0.4 is 0 Å². The van der Waals surface area contributed by atoms with Gasteiger partial charge in [0, 0.05) is 13.0 Å². The summed E-state index contributed by atoms with van der Waals surface area (Å²) < 4.78 is 85.3. The van der Waals surface area contributed by atoms with Crippen molar-refractivity contribution in [2.75, 3.05) is 13.2 Å². The molecule has 1 nitrogen and oxygen atoms in total. The summed E-state index contributed by atoms with van der Waals surface area (Å²) >= 11 is 0. The molecule has 0 N–H and O–H groups in total. The molecule has 0 radical (unpaired) electrons. The van der Waals surface area contributed by atoms with E-state index in [1.165, 1.54) is 0 Å². The topological polar surface area (TPSA) is 9.23 Å². The summed E-state index contributed by atoms with van der Waals surface area (Å²) in [6, 6.07) is 0. The number of alkyl halides is 7. The Hall–Kier alpha value is -0.530. The van der Waals surface area contributed by atoms with E-state index in [0.29, 0.717) is 0 Å². The molecule has 0 rings (SSSR count). The van der Waals surface area contributed by atoms with Crippen molar-refractivity contribution in [3.05, 3.63) is 0 Å². The molecular weight excluding hydrogens is 233 g/mol. The van der Waals surface area contributed by atoms with Crippen LogP contribution in [0.5, 0.6) is 0 Å². The fourth-order valence-corrected chi connectivity index (χ4v) is 0.656. The van der Waals surface area contributed by atoms with Crippen LogP contribution in [0.2, 0.25) is 0 Å². The zero-order chi connectivity index (χ0) is 12.1. The Kier molecular flexibility index (Phi) is 5.33. The molecule has 0 aliphatic heterocycles. The molecule has 0 aromatic rings. The third-order valence-electron chi connectivity index (χ3n) is 1.37. The van der Waals surface area contributed by atoms with Gasteiger partial charge in [-0.05, 0) is 6.42 Å². The lowest BCUT2D eigenvalue weighted by molar-refractivity contribution is -0.194. The Morgan fingerprint density at radius 3 is 1.93 bits per heavy atom. The van der Waals surface area contributed by atoms with Gasteiger partial charge < -0.3 is 4.74 Å². The number of ether oxygens (including phenoxy) is 1. The molecule has 0 heterocycles. The molecule has 0 spiro atoms. The second-order valence-corrected chi connectivity index (χ2v) is 2.80. The molecule has 0 aliphatic rings. The molecule has 15 heavy (non-hydrogen) atoms. The smallest absolute Gasteiger partial charge is 0.378 e. The second-order valence-electron chi connectivity index (χ2n) is 2.80. The highest BCUT2D eigenvalue weighted by molar-refractivity contribution is 4.64. The van der Waals surface area contributed by atoms with Crippen LogP contribution in [0.25, 0.3) is 0 Å². The van der Waals surface area contributed by atoms with E-state index in [0.717, 1.165) is 0 Å². The monoisotopic (exact) mass is 242 g/mol. The Morgan fingerprint density at radius 1 is 1.00 bits per heavy atom. The van der Waals surface area contributed by atoms with Crippen LogP contribution in [0.15, 0.2) is 0 Å². The van der Waals surface area contributed by atoms with Gasteiger partial charge in [-0.1, -0.05) is 0 Å². The first-order valence-electron chi connectivity index (χ1n) is 3.98. The highest BCUT2D eigenvalue weighted by Gasteiger charge is 2.40. The lowest BCUT2D eigenvalue weighted by Gasteiger charge is -2.12. The Labute approximate surface area is 81.2 Å². The first-order valence-corrected chi connectivity index (χ1v) is 3.98. The molecule has 0 saturated heterocycles. The number of halogens is 7. The molecule has 92 valence electrons. The molecule has 0 aromatic heterocycles. The predicted molar refractivity (Wildman–Crippen MR) is 37.1 cm³/mol. The first kappa shape index (κ1) is 14.5. The maximum absolute atomic E-state index is 12.1. The van der Waals surface area contributed by atoms with Gasteiger partial charge in [-0.15, -0.1) is 0 Å². The molecule has 0 saturated carbocycles. The summed E-state index contributed by atoms with van der Waals surface area (Å²) in [5.74, 6) is 0. The molecule has 0 aliphatic carbocycles. The second kappa shape index (κ2) is 5.53. The third kappa shape index (κ3) is 8.46. The summed E-state index contributed by atoms with van der Waals surface area (Å²) in [5.41, 5.74) is 0. The average molecular weight is 242 g/mol. The van der Waals surface area contributed by atoms with Crippen molar-refractivity contribution >= 4 is 0 Å². The van der Waals surface area contributed by atoms with Gasteiger partial charge in [0.25, 0.3) is 0 Å². The van der Waals surface area contributed by atoms with Crippen LogP contribution in [0.4, 0.5) is 30.7 Å². The van der Waals surface area contributed by atoms with Gasteiger partial charge in [0.1, 0.15) is 0 Å². The van der Waals surface area contributed by atoms with Gasteiger partial charge in [-0.2, -0.15) is 26.3 Å². The number of hydrogen-bond acceptors (Lipinski definition) is 1. The standard InChI is InChI=1S/C7H9F7O/c8-5(7(12,13)14)4-15-3-1-2-6(9,10)11/h5H,1-4H2. The lowest BCUT2D eigenvalue weighted by atomic mass is 10.3. The normalized spacial score (nSPS) is 15.4. The first-order chi connectivity index (χ1) is 6.63. The van der Waals surface area contributed by atoms with Crippen molar-refractivity contribution in [3.8, 4) is 0 Å². The highest BCUT2D eigenvalue weighted by Crippen LogP contribution is 2.24. The molecule has 0 aromatic carbocycles. The fourth-order valence-electron chi connectivity index (χ4n) is 0.656. The molecule has 1 atom stereocenters. The minimum absolute atomic E-state index is 0.478. The van der Waals surface area contributed by atoms with E-state index in [-0.39, 0.29) is 0 Å². The summed E-state index contributed by atoms with van der Waals surface area (Å²) in [7, 11) is 0. The van der Waals surface area contributed by atoms with Gasteiger partial charge in [0.15, 0.2) is 0 Å². The minimum atomic E-state index is -5.02. The summed E-state index contributed by atoms with van der Waals surface area (Å²) in [6.07, 6.45) is -14.2. The highest BCUT2D eigenvalue weighted by atomic mass is 19.4. The largest absolute Gasteiger partial charge is 0.421 e. The Balaban J connectivity index is 3.48. The summed E-state index contributed by atoms with van der Waals surface area (Å²) in [6.45, 7) is -1.81. The van der Waals surface area contributed by atoms with Crippen LogP contribution in [0.1, 0.15) is 12.8 Å². The zero-order valence-electron chi connectivity index (χ0n) is 7.46. The van der Waals surface area contributed by atoms with E-state index in [2.05, 4.69) is 4.74 Å². The maximum Gasteiger partial charge on any atom is 0.421 e. The number of rotatable bonds is 5. The van der Waals surface area contributed by atoms with Gasteiger partial charge >= 0.3 is 12.4 Å². The van der Waals surface area contributed by atoms with E-state index in [9.17, 15) is 30.7 Å². The van der Waals surface area contributed by atoms with Crippen molar-refractivity contribution < 1.29 is 35.5 Å². The van der Waals surface area contributed by atoms with Crippen molar-refractivity contribution in [2.24, 2.45) is 0 Å². The maximum atomic E-state index is 12.1. The predicted octanol–water partition coefficient (Wildman–Crippen LogP) is 3.25. The third-order valence-corrected chi connectivity index (χ3v) is 1.37. The Bertz CT molecular complexity index is 173. The molecule has 1 unspecified atom stereocenters. The van der Waals surface area contributed by atoms with Crippen molar-refractivity contribution in [1.82, 2.24) is 0 Å². The fraction of sp³-hybridized carbons (Fsp3) is 1.00. The average Bonchev–Trinajstić information content (AvgIpc) is 1.99. The molecule has 0 amide bonds. The van der Waals surface area contributed by atoms with E-state index >= 15 is 0 Å². The van der Waals surface area contributed by atoms with Crippen molar-refractivity contribution in [2.45, 2.75) is 31.4 Å². The van der Waals surface area contributed by atoms with Crippen LogP contribution in [-0.2, 0) is 4.74 Å². The van der Waals surface area contributed by atoms with Crippen LogP contribution >= 0.6 is 0 Å². The van der Waals surface area contributed by atoms with Crippen LogP contribution in [0.3, 0.4) is 0 Å². The van der Waals surface area contributed by atoms with Gasteiger partial charge in [0.2, 0.25) is 6.17 Å². The lowest BCUT2D eigenvalue weighted by Crippen LogP contribution is -2.29. The molecule has 8 heteroatoms. The van der Waals surface area contributed by atoms with Gasteiger partial charge in [-0.3, -0.25) is 0 Å². The van der Waals surface area contributed by atoms with Crippen LogP contribution in [0, 0.1) is 0 Å². The Morgan fingerprint density at radius 2 is 1.53 bits per heavy atom. The quantitative estimate of drug-likeness (QED) is 0.531. The zero-order valence-corrected chi connectivity index (χ0v) is 7.46. The van der Waals surface area contributed by atoms with E-state index < -0.39 is 44.6 Å². The van der Waals surface area contributed by atoms with E-state index in [1.54, 1.807) is 0 Å². The minimum Gasteiger partial charge on any atom is -0.378 e. The van der Waals surface area contributed by atoms with Gasteiger partial charge in [0.05, 0.1) is 6.61 Å². The van der Waals surface area contributed by atoms with Gasteiger partial charge in [-0.25, -0.2) is 4.39 Å². The van der Waals surface area contributed by atoms with Crippen molar-refractivity contribution in [1.29, 1.82) is 0 Å². The molecule has 0 bridgehead atoms. The van der Waals surface area contributed by atoms with Crippen LogP contribution in [-0.4, -0.2) is 31.7 Å². The van der Waals surface area contributed by atoms with E-state index in [1.807, 2.05) is 0 Å². The number of hydrogen-bond donors (Lipinski definition) is 0. The molecule has 0 fully saturated rings. The van der Waals surface area contributed by atoms with Crippen molar-refractivity contribution in [3.63, 3.8) is 0 Å². The summed E-state index contributed by atoms with van der Waals surface area (Å²) in [4.78, 5) is 0. The SMILES string of the molecule is FC(COCCCC(F)(F)F)C(F)(F)F. The van der Waals surface area contributed by atoms with E-state index in [4.69, 9.17) is 0 Å².